The molecule has 0 N–H and O–H groups in total. The zero-order chi connectivity index (χ0) is 14.0. The summed E-state index contributed by atoms with van der Waals surface area (Å²) in [5.41, 5.74) is 2.90. The Labute approximate surface area is 133 Å². The van der Waals surface area contributed by atoms with Crippen molar-refractivity contribution in [2.45, 2.75) is 16.6 Å². The van der Waals surface area contributed by atoms with Gasteiger partial charge >= 0.3 is 0 Å². The molecule has 2 rings (SSSR count). The van der Waals surface area contributed by atoms with Gasteiger partial charge in [0.25, 0.3) is 0 Å². The van der Waals surface area contributed by atoms with Crippen molar-refractivity contribution in [3.63, 3.8) is 0 Å². The van der Waals surface area contributed by atoms with Crippen LogP contribution in [0.15, 0.2) is 48.5 Å². The first kappa shape index (κ1) is 15.0. The summed E-state index contributed by atoms with van der Waals surface area (Å²) in [7, 11) is 0. The van der Waals surface area contributed by atoms with Crippen molar-refractivity contribution >= 4 is 46.4 Å². The number of aryl methyl sites for hydroxylation is 1. The molecule has 1 unspecified atom stereocenters. The van der Waals surface area contributed by atoms with Gasteiger partial charge in [-0.3, -0.25) is 0 Å². The molecule has 2 aromatic rings. The minimum Gasteiger partial charge on any atom is -0.0840 e. The predicted molar refractivity (Wildman–Crippen MR) is 84.8 cm³/mol. The summed E-state index contributed by atoms with van der Waals surface area (Å²) in [5, 5.41) is 0.597. The van der Waals surface area contributed by atoms with E-state index in [1.54, 1.807) is 6.07 Å². The van der Waals surface area contributed by atoms with Gasteiger partial charge in [0.15, 0.2) is 0 Å². The maximum absolute atomic E-state index is 6.23. The predicted octanol–water partition coefficient (Wildman–Crippen LogP) is 6.15. The summed E-state index contributed by atoms with van der Waals surface area (Å²) in [6, 6.07) is 15.3. The van der Waals surface area contributed by atoms with Crippen LogP contribution in [0.3, 0.4) is 0 Å². The first-order chi connectivity index (χ1) is 8.89. The lowest BCUT2D eigenvalue weighted by atomic mass is 9.92. The van der Waals surface area contributed by atoms with Gasteiger partial charge in [-0.05, 0) is 24.1 Å². The summed E-state index contributed by atoms with van der Waals surface area (Å²) in [6.45, 7) is 2.02. The largest absolute Gasteiger partial charge is 0.201 e. The highest BCUT2D eigenvalue weighted by Crippen LogP contribution is 2.47. The monoisotopic (exact) mass is 332 g/mol. The Morgan fingerprint density at radius 2 is 1.47 bits per heavy atom. The Hall–Kier alpha value is -0.400. The minimum absolute atomic E-state index is 0.396. The number of hydrogen-bond donors (Lipinski definition) is 0. The average Bonchev–Trinajstić information content (AvgIpc) is 2.33. The molecule has 2 aromatic carbocycles. The highest BCUT2D eigenvalue weighted by atomic mass is 35.6. The molecule has 0 fully saturated rings. The van der Waals surface area contributed by atoms with Crippen molar-refractivity contribution in [2.24, 2.45) is 0 Å². The normalized spacial score (nSPS) is 13.3. The molecule has 0 spiro atoms. The van der Waals surface area contributed by atoms with E-state index in [9.17, 15) is 0 Å². The van der Waals surface area contributed by atoms with E-state index < -0.39 is 9.71 Å². The van der Waals surface area contributed by atoms with Crippen LogP contribution in [-0.2, 0) is 0 Å². The van der Waals surface area contributed by atoms with Gasteiger partial charge in [-0.15, -0.1) is 0 Å². The minimum atomic E-state index is -1.46. The maximum Gasteiger partial charge on any atom is 0.201 e. The van der Waals surface area contributed by atoms with Crippen LogP contribution in [0, 0.1) is 6.92 Å². The van der Waals surface area contributed by atoms with E-state index in [-0.39, 0.29) is 0 Å². The molecule has 0 aromatic heterocycles. The lowest BCUT2D eigenvalue weighted by Gasteiger charge is -2.26. The Morgan fingerprint density at radius 1 is 0.895 bits per heavy atom. The van der Waals surface area contributed by atoms with Crippen LogP contribution in [0.5, 0.6) is 0 Å². The van der Waals surface area contributed by atoms with Gasteiger partial charge in [-0.2, -0.15) is 0 Å². The standard InChI is InChI=1S/C15H12Cl4/c1-10-6-8-11(9-7-10)14(15(17,18)19)12-4-2-3-5-13(12)16/h2-9,14H,1H3. The maximum atomic E-state index is 6.23. The molecule has 0 saturated heterocycles. The fourth-order valence-corrected chi connectivity index (χ4v) is 2.99. The van der Waals surface area contributed by atoms with Crippen LogP contribution in [-0.4, -0.2) is 3.79 Å². The van der Waals surface area contributed by atoms with Gasteiger partial charge in [0.05, 0.1) is 5.92 Å². The van der Waals surface area contributed by atoms with Gasteiger partial charge in [-0.25, -0.2) is 0 Å². The Kier molecular flexibility index (Phi) is 4.68. The van der Waals surface area contributed by atoms with Crippen LogP contribution in [0.2, 0.25) is 5.02 Å². The molecule has 100 valence electrons. The number of alkyl halides is 3. The Balaban J connectivity index is 2.55. The average molecular weight is 334 g/mol. The molecule has 0 aliphatic heterocycles. The molecule has 1 atom stereocenters. The van der Waals surface area contributed by atoms with Crippen LogP contribution in [0.25, 0.3) is 0 Å². The Morgan fingerprint density at radius 3 is 2.00 bits per heavy atom. The van der Waals surface area contributed by atoms with E-state index in [0.717, 1.165) is 16.7 Å². The summed E-state index contributed by atoms with van der Waals surface area (Å²) >= 11 is 24.7. The van der Waals surface area contributed by atoms with Crippen molar-refractivity contribution in [3.05, 3.63) is 70.2 Å². The SMILES string of the molecule is Cc1ccc(C(c2ccccc2Cl)C(Cl)(Cl)Cl)cc1. The number of hydrogen-bond acceptors (Lipinski definition) is 0. The van der Waals surface area contributed by atoms with Gasteiger partial charge in [0.1, 0.15) is 0 Å². The van der Waals surface area contributed by atoms with E-state index in [0.29, 0.717) is 5.02 Å². The molecule has 0 nitrogen and oxygen atoms in total. The molecule has 0 amide bonds. The number of rotatable bonds is 2. The van der Waals surface area contributed by atoms with Crippen molar-refractivity contribution in [1.82, 2.24) is 0 Å². The second-order valence-electron chi connectivity index (χ2n) is 4.41. The molecule has 0 aliphatic carbocycles. The van der Waals surface area contributed by atoms with E-state index in [1.165, 1.54) is 0 Å². The molecule has 4 heteroatoms. The number of benzene rings is 2. The van der Waals surface area contributed by atoms with E-state index in [1.807, 2.05) is 49.4 Å². The van der Waals surface area contributed by atoms with Crippen molar-refractivity contribution in [3.8, 4) is 0 Å². The fourth-order valence-electron chi connectivity index (χ4n) is 2.01. The zero-order valence-electron chi connectivity index (χ0n) is 10.2. The van der Waals surface area contributed by atoms with Crippen LogP contribution >= 0.6 is 46.4 Å². The molecule has 19 heavy (non-hydrogen) atoms. The fraction of sp³-hybridized carbons (Fsp3) is 0.200. The van der Waals surface area contributed by atoms with Crippen LogP contribution < -0.4 is 0 Å². The smallest absolute Gasteiger partial charge is 0.0840 e. The second kappa shape index (κ2) is 5.93. The molecule has 0 radical (unpaired) electrons. The topological polar surface area (TPSA) is 0 Å². The lowest BCUT2D eigenvalue weighted by molar-refractivity contribution is 0.839. The third kappa shape index (κ3) is 3.58. The molecular weight excluding hydrogens is 322 g/mol. The van der Waals surface area contributed by atoms with E-state index >= 15 is 0 Å². The summed E-state index contributed by atoms with van der Waals surface area (Å²) < 4.78 is -1.46. The zero-order valence-corrected chi connectivity index (χ0v) is 13.2. The third-order valence-electron chi connectivity index (χ3n) is 2.95. The van der Waals surface area contributed by atoms with Gasteiger partial charge in [-0.1, -0.05) is 94.4 Å². The summed E-state index contributed by atoms with van der Waals surface area (Å²) in [4.78, 5) is 0. The van der Waals surface area contributed by atoms with Crippen LogP contribution in [0.4, 0.5) is 0 Å². The van der Waals surface area contributed by atoms with Crippen molar-refractivity contribution in [2.75, 3.05) is 0 Å². The number of halogens is 4. The second-order valence-corrected chi connectivity index (χ2v) is 7.18. The first-order valence-corrected chi connectivity index (χ1v) is 7.28. The lowest BCUT2D eigenvalue weighted by Crippen LogP contribution is -2.18. The Bertz CT molecular complexity index is 555. The van der Waals surface area contributed by atoms with Crippen LogP contribution in [0.1, 0.15) is 22.6 Å². The molecule has 0 bridgehead atoms. The highest BCUT2D eigenvalue weighted by Gasteiger charge is 2.36. The first-order valence-electron chi connectivity index (χ1n) is 5.77. The third-order valence-corrected chi connectivity index (χ3v) is 3.95. The molecular formula is C15H12Cl4. The van der Waals surface area contributed by atoms with Gasteiger partial charge in [0.2, 0.25) is 3.79 Å². The van der Waals surface area contributed by atoms with Crippen molar-refractivity contribution < 1.29 is 0 Å². The summed E-state index contributed by atoms with van der Waals surface area (Å²) in [5.74, 6) is -0.396. The quantitative estimate of drug-likeness (QED) is 0.578. The van der Waals surface area contributed by atoms with Gasteiger partial charge < -0.3 is 0 Å². The highest BCUT2D eigenvalue weighted by molar-refractivity contribution is 6.68. The molecule has 0 heterocycles. The molecule has 0 aliphatic rings. The van der Waals surface area contributed by atoms with Crippen molar-refractivity contribution in [1.29, 1.82) is 0 Å². The summed E-state index contributed by atoms with van der Waals surface area (Å²) in [6.07, 6.45) is 0. The van der Waals surface area contributed by atoms with Gasteiger partial charge in [0, 0.05) is 5.02 Å². The molecule has 0 saturated carbocycles. The van der Waals surface area contributed by atoms with E-state index in [4.69, 9.17) is 46.4 Å². The van der Waals surface area contributed by atoms with E-state index in [2.05, 4.69) is 0 Å².